The summed E-state index contributed by atoms with van der Waals surface area (Å²) in [5, 5.41) is 0. The van der Waals surface area contributed by atoms with Gasteiger partial charge >= 0.3 is 12.7 Å². The number of amides is 1. The van der Waals surface area contributed by atoms with Gasteiger partial charge in [-0.05, 0) is 0 Å². The van der Waals surface area contributed by atoms with Gasteiger partial charge in [0, 0.05) is 12.1 Å². The molecule has 0 spiro atoms. The minimum absolute atomic E-state index is 0.232. The van der Waals surface area contributed by atoms with Gasteiger partial charge in [-0.25, -0.2) is 13.6 Å². The van der Waals surface area contributed by atoms with Crippen LogP contribution in [0.1, 0.15) is 0 Å². The minimum atomic E-state index is -3.29. The predicted molar refractivity (Wildman–Crippen MR) is 43.2 cm³/mol. The molecule has 0 aliphatic heterocycles. The molecule has 16 heavy (non-hydrogen) atoms. The van der Waals surface area contributed by atoms with Gasteiger partial charge in [-0.1, -0.05) is 0 Å². The van der Waals surface area contributed by atoms with E-state index < -0.39 is 35.8 Å². The molecule has 2 N–H and O–H groups in total. The van der Waals surface area contributed by atoms with Gasteiger partial charge in [-0.3, -0.25) is 0 Å². The fraction of sp³-hybridized carbons (Fsp3) is 0.125. The van der Waals surface area contributed by atoms with Gasteiger partial charge in [-0.15, -0.1) is 0 Å². The van der Waals surface area contributed by atoms with Crippen molar-refractivity contribution in [1.29, 1.82) is 0 Å². The first-order chi connectivity index (χ1) is 7.40. The van der Waals surface area contributed by atoms with Crippen LogP contribution in [-0.4, -0.2) is 12.7 Å². The van der Waals surface area contributed by atoms with E-state index in [2.05, 4.69) is 15.2 Å². The van der Waals surface area contributed by atoms with Crippen LogP contribution in [-0.2, 0) is 0 Å². The van der Waals surface area contributed by atoms with E-state index in [1.807, 2.05) is 0 Å². The van der Waals surface area contributed by atoms with Gasteiger partial charge in [0.25, 0.3) is 0 Å². The molecule has 1 amide bonds. The van der Waals surface area contributed by atoms with Gasteiger partial charge in [0.15, 0.2) is 23.1 Å². The number of hydrogen-bond acceptors (Lipinski definition) is 3. The molecule has 0 radical (unpaired) electrons. The number of alkyl halides is 2. The summed E-state index contributed by atoms with van der Waals surface area (Å²) >= 11 is 0. The summed E-state index contributed by atoms with van der Waals surface area (Å²) in [5.74, 6) is -4.37. The fourth-order valence-corrected chi connectivity index (χ4v) is 0.883. The molecule has 0 atom stereocenters. The molecule has 0 fully saturated rings. The maximum atomic E-state index is 12.9. The third-order valence-electron chi connectivity index (χ3n) is 1.41. The Kier molecular flexibility index (Phi) is 3.54. The Morgan fingerprint density at radius 2 is 1.75 bits per heavy atom. The number of nitrogens with two attached hydrogens (primary N) is 1. The van der Waals surface area contributed by atoms with Crippen molar-refractivity contribution in [3.63, 3.8) is 0 Å². The van der Waals surface area contributed by atoms with Crippen LogP contribution in [0.3, 0.4) is 0 Å². The lowest BCUT2D eigenvalue weighted by Gasteiger charge is -2.08. The van der Waals surface area contributed by atoms with E-state index in [1.54, 1.807) is 0 Å². The maximum Gasteiger partial charge on any atom is 0.410 e. The molecular formula is C8H5F4NO3. The number of halogens is 4. The molecule has 1 aromatic rings. The fourth-order valence-electron chi connectivity index (χ4n) is 0.883. The Morgan fingerprint density at radius 1 is 1.19 bits per heavy atom. The van der Waals surface area contributed by atoms with Gasteiger partial charge in [0.1, 0.15) is 0 Å². The van der Waals surface area contributed by atoms with Gasteiger partial charge in [0.05, 0.1) is 0 Å². The Morgan fingerprint density at radius 3 is 2.25 bits per heavy atom. The summed E-state index contributed by atoms with van der Waals surface area (Å²) < 4.78 is 57.1. The molecule has 0 saturated carbocycles. The summed E-state index contributed by atoms with van der Waals surface area (Å²) in [6.07, 6.45) is -1.37. The van der Waals surface area contributed by atoms with E-state index in [-0.39, 0.29) is 6.07 Å². The van der Waals surface area contributed by atoms with Crippen LogP contribution < -0.4 is 15.2 Å². The van der Waals surface area contributed by atoms with Crippen LogP contribution in [0.25, 0.3) is 0 Å². The summed E-state index contributed by atoms with van der Waals surface area (Å²) in [6, 6.07) is 0.692. The molecular weight excluding hydrogens is 234 g/mol. The quantitative estimate of drug-likeness (QED) is 0.821. The SMILES string of the molecule is NC(=O)Oc1cc(OC(F)F)c(F)cc1F. The van der Waals surface area contributed by atoms with E-state index in [9.17, 15) is 22.4 Å². The zero-order chi connectivity index (χ0) is 12.3. The van der Waals surface area contributed by atoms with Crippen molar-refractivity contribution in [3.05, 3.63) is 23.8 Å². The van der Waals surface area contributed by atoms with Crippen LogP contribution in [0, 0.1) is 11.6 Å². The lowest BCUT2D eigenvalue weighted by molar-refractivity contribution is -0.0523. The number of carbonyl (C=O) groups is 1. The number of rotatable bonds is 3. The molecule has 0 unspecified atom stereocenters. The van der Waals surface area contributed by atoms with Crippen molar-refractivity contribution in [2.45, 2.75) is 6.61 Å². The highest BCUT2D eigenvalue weighted by atomic mass is 19.3. The molecule has 0 aliphatic rings. The Balaban J connectivity index is 3.05. The van der Waals surface area contributed by atoms with Crippen molar-refractivity contribution in [1.82, 2.24) is 0 Å². The third-order valence-corrected chi connectivity index (χ3v) is 1.41. The van der Waals surface area contributed by atoms with E-state index in [0.29, 0.717) is 6.07 Å². The number of hydrogen-bond donors (Lipinski definition) is 1. The van der Waals surface area contributed by atoms with Crippen molar-refractivity contribution in [3.8, 4) is 11.5 Å². The van der Waals surface area contributed by atoms with E-state index in [1.165, 1.54) is 0 Å². The second-order valence-corrected chi connectivity index (χ2v) is 2.51. The van der Waals surface area contributed by atoms with Crippen molar-refractivity contribution < 1.29 is 31.8 Å². The normalized spacial score (nSPS) is 10.3. The van der Waals surface area contributed by atoms with Gasteiger partial charge in [-0.2, -0.15) is 8.78 Å². The van der Waals surface area contributed by atoms with Crippen LogP contribution in [0.4, 0.5) is 22.4 Å². The lowest BCUT2D eigenvalue weighted by atomic mass is 10.3. The molecule has 1 aromatic carbocycles. The zero-order valence-electron chi connectivity index (χ0n) is 7.55. The van der Waals surface area contributed by atoms with Gasteiger partial charge in [0.2, 0.25) is 0 Å². The van der Waals surface area contributed by atoms with Crippen LogP contribution >= 0.6 is 0 Å². The highest BCUT2D eigenvalue weighted by Gasteiger charge is 2.16. The third kappa shape index (κ3) is 3.01. The molecule has 88 valence electrons. The zero-order valence-corrected chi connectivity index (χ0v) is 7.55. The molecule has 0 heterocycles. The van der Waals surface area contributed by atoms with Gasteiger partial charge < -0.3 is 15.2 Å². The molecule has 0 aliphatic carbocycles. The maximum absolute atomic E-state index is 12.9. The number of carbonyl (C=O) groups excluding carboxylic acids is 1. The van der Waals surface area contributed by atoms with Crippen LogP contribution in [0.2, 0.25) is 0 Å². The summed E-state index contributed by atoms with van der Waals surface area (Å²) in [4.78, 5) is 10.3. The highest BCUT2D eigenvalue weighted by Crippen LogP contribution is 2.28. The molecule has 4 nitrogen and oxygen atoms in total. The molecule has 1 rings (SSSR count). The Labute approximate surface area is 86.6 Å². The summed E-state index contributed by atoms with van der Waals surface area (Å²) in [7, 11) is 0. The highest BCUT2D eigenvalue weighted by molar-refractivity contribution is 5.68. The summed E-state index contributed by atoms with van der Waals surface area (Å²) in [6.45, 7) is -3.29. The Hall–Kier alpha value is -1.99. The standard InChI is InChI=1S/C8H5F4NO3/c9-3-1-4(10)6(16-8(13)14)2-5(3)15-7(11)12/h1-2,7H,(H2,13,14). The molecule has 0 aromatic heterocycles. The second-order valence-electron chi connectivity index (χ2n) is 2.51. The van der Waals surface area contributed by atoms with Crippen molar-refractivity contribution in [2.75, 3.05) is 0 Å². The average molecular weight is 239 g/mol. The van der Waals surface area contributed by atoms with E-state index in [0.717, 1.165) is 0 Å². The first-order valence-electron chi connectivity index (χ1n) is 3.81. The molecule has 0 bridgehead atoms. The first-order valence-corrected chi connectivity index (χ1v) is 3.81. The Bertz CT molecular complexity index is 411. The van der Waals surface area contributed by atoms with Crippen molar-refractivity contribution in [2.24, 2.45) is 5.73 Å². The van der Waals surface area contributed by atoms with Crippen LogP contribution in [0.5, 0.6) is 11.5 Å². The predicted octanol–water partition coefficient (Wildman–Crippen LogP) is 2.02. The van der Waals surface area contributed by atoms with E-state index >= 15 is 0 Å². The monoisotopic (exact) mass is 239 g/mol. The van der Waals surface area contributed by atoms with Crippen molar-refractivity contribution >= 4 is 6.09 Å². The average Bonchev–Trinajstić information content (AvgIpc) is 2.11. The minimum Gasteiger partial charge on any atom is -0.432 e. The number of benzene rings is 1. The largest absolute Gasteiger partial charge is 0.432 e. The molecule has 0 saturated heterocycles. The molecule has 8 heteroatoms. The topological polar surface area (TPSA) is 61.6 Å². The number of primary amides is 1. The second kappa shape index (κ2) is 4.69. The van der Waals surface area contributed by atoms with Crippen LogP contribution in [0.15, 0.2) is 12.1 Å². The first kappa shape index (κ1) is 12.1. The summed E-state index contributed by atoms with van der Waals surface area (Å²) in [5.41, 5.74) is 4.57. The lowest BCUT2D eigenvalue weighted by Crippen LogP contribution is -2.17. The van der Waals surface area contributed by atoms with E-state index in [4.69, 9.17) is 0 Å². The number of ether oxygens (including phenoxy) is 2. The smallest absolute Gasteiger partial charge is 0.410 e.